The minimum atomic E-state index is -0.348. The van der Waals surface area contributed by atoms with Crippen LogP contribution in [0.3, 0.4) is 0 Å². The number of aromatic nitrogens is 1. The van der Waals surface area contributed by atoms with Gasteiger partial charge in [-0.15, -0.1) is 11.3 Å². The highest BCUT2D eigenvalue weighted by atomic mass is 32.1. The minimum absolute atomic E-state index is 0.140. The molecule has 2 heterocycles. The minimum Gasteiger partial charge on any atom is -0.362 e. The number of nitrogens with one attached hydrogen (secondary N) is 2. The van der Waals surface area contributed by atoms with Gasteiger partial charge in [0.2, 0.25) is 5.91 Å². The molecule has 0 aliphatic carbocycles. The first kappa shape index (κ1) is 20.3. The van der Waals surface area contributed by atoms with Crippen molar-refractivity contribution in [3.8, 4) is 0 Å². The molecule has 1 aliphatic rings. The Labute approximate surface area is 168 Å². The van der Waals surface area contributed by atoms with E-state index in [9.17, 15) is 14.0 Å². The zero-order chi connectivity index (χ0) is 19.9. The third-order valence-corrected chi connectivity index (χ3v) is 5.52. The number of amides is 2. The summed E-state index contributed by atoms with van der Waals surface area (Å²) < 4.78 is 13.0. The van der Waals surface area contributed by atoms with E-state index in [1.807, 2.05) is 0 Å². The fourth-order valence-corrected chi connectivity index (χ4v) is 3.85. The number of halogens is 1. The standard InChI is InChI=1S/C20H25FN4O2S/c1-2-3-10-22-20-24-17(13-28-20)19(27)25-11-4-5-14(12-25)18(26)23-16-8-6-15(21)7-9-16/h6-9,13-14H,2-5,10-12H2,1H3,(H,22,24)(H,23,26). The second kappa shape index (κ2) is 9.64. The third-order valence-electron chi connectivity index (χ3n) is 4.72. The van der Waals surface area contributed by atoms with Crippen LogP contribution in [0.4, 0.5) is 15.2 Å². The van der Waals surface area contributed by atoms with Gasteiger partial charge in [0.25, 0.3) is 5.91 Å². The van der Waals surface area contributed by atoms with Gasteiger partial charge in [0.05, 0.1) is 5.92 Å². The maximum absolute atomic E-state index is 13.0. The Morgan fingerprint density at radius 2 is 2.11 bits per heavy atom. The zero-order valence-corrected chi connectivity index (χ0v) is 16.7. The molecule has 0 spiro atoms. The molecule has 1 aromatic heterocycles. The van der Waals surface area contributed by atoms with Crippen LogP contribution in [-0.4, -0.2) is 41.3 Å². The second-order valence-corrected chi connectivity index (χ2v) is 7.76. The lowest BCUT2D eigenvalue weighted by Gasteiger charge is -2.31. The van der Waals surface area contributed by atoms with Crippen molar-refractivity contribution in [3.63, 3.8) is 0 Å². The number of anilines is 2. The van der Waals surface area contributed by atoms with Gasteiger partial charge in [-0.2, -0.15) is 0 Å². The van der Waals surface area contributed by atoms with Gasteiger partial charge in [-0.1, -0.05) is 13.3 Å². The van der Waals surface area contributed by atoms with Crippen molar-refractivity contribution in [2.24, 2.45) is 5.92 Å². The van der Waals surface area contributed by atoms with Crippen LogP contribution in [0.5, 0.6) is 0 Å². The first-order valence-electron chi connectivity index (χ1n) is 9.62. The molecular formula is C20H25FN4O2S. The van der Waals surface area contributed by atoms with Crippen LogP contribution in [0.15, 0.2) is 29.6 Å². The van der Waals surface area contributed by atoms with E-state index < -0.39 is 0 Å². The van der Waals surface area contributed by atoms with Crippen molar-refractivity contribution >= 4 is 34.0 Å². The fraction of sp³-hybridized carbons (Fsp3) is 0.450. The summed E-state index contributed by atoms with van der Waals surface area (Å²) in [6, 6.07) is 5.67. The van der Waals surface area contributed by atoms with Gasteiger partial charge in [-0.3, -0.25) is 9.59 Å². The maximum atomic E-state index is 13.0. The number of thiazole rings is 1. The molecule has 0 bridgehead atoms. The van der Waals surface area contributed by atoms with E-state index in [1.165, 1.54) is 35.6 Å². The lowest BCUT2D eigenvalue weighted by atomic mass is 9.96. The highest BCUT2D eigenvalue weighted by molar-refractivity contribution is 7.13. The maximum Gasteiger partial charge on any atom is 0.273 e. The van der Waals surface area contributed by atoms with Crippen LogP contribution in [-0.2, 0) is 4.79 Å². The Balaban J connectivity index is 1.57. The molecule has 8 heteroatoms. The van der Waals surface area contributed by atoms with Crippen LogP contribution < -0.4 is 10.6 Å². The molecule has 1 aromatic carbocycles. The molecule has 1 unspecified atom stereocenters. The average molecular weight is 405 g/mol. The number of hydrogen-bond donors (Lipinski definition) is 2. The van der Waals surface area contributed by atoms with E-state index in [0.717, 1.165) is 37.4 Å². The summed E-state index contributed by atoms with van der Waals surface area (Å²) in [6.07, 6.45) is 3.63. The van der Waals surface area contributed by atoms with Gasteiger partial charge >= 0.3 is 0 Å². The van der Waals surface area contributed by atoms with E-state index in [0.29, 0.717) is 24.5 Å². The molecule has 0 radical (unpaired) electrons. The van der Waals surface area contributed by atoms with E-state index in [4.69, 9.17) is 0 Å². The summed E-state index contributed by atoms with van der Waals surface area (Å²) in [6.45, 7) is 3.95. The van der Waals surface area contributed by atoms with Crippen molar-refractivity contribution < 1.29 is 14.0 Å². The monoisotopic (exact) mass is 404 g/mol. The molecule has 2 amide bonds. The highest BCUT2D eigenvalue weighted by Gasteiger charge is 2.30. The third kappa shape index (κ3) is 5.28. The molecule has 150 valence electrons. The number of rotatable bonds is 7. The Bertz CT molecular complexity index is 809. The highest BCUT2D eigenvalue weighted by Crippen LogP contribution is 2.22. The number of carbonyl (C=O) groups excluding carboxylic acids is 2. The first-order chi connectivity index (χ1) is 13.6. The van der Waals surface area contributed by atoms with Crippen molar-refractivity contribution in [2.45, 2.75) is 32.6 Å². The first-order valence-corrected chi connectivity index (χ1v) is 10.5. The molecule has 1 saturated heterocycles. The second-order valence-electron chi connectivity index (χ2n) is 6.90. The van der Waals surface area contributed by atoms with Crippen LogP contribution in [0.1, 0.15) is 43.1 Å². The van der Waals surface area contributed by atoms with Crippen LogP contribution in [0, 0.1) is 11.7 Å². The van der Waals surface area contributed by atoms with Gasteiger partial charge in [-0.25, -0.2) is 9.37 Å². The smallest absolute Gasteiger partial charge is 0.273 e. The van der Waals surface area contributed by atoms with Gasteiger partial charge in [0.15, 0.2) is 5.13 Å². The lowest BCUT2D eigenvalue weighted by Crippen LogP contribution is -2.43. The molecule has 3 rings (SSSR count). The summed E-state index contributed by atoms with van der Waals surface area (Å²) in [7, 11) is 0. The summed E-state index contributed by atoms with van der Waals surface area (Å²) in [5, 5.41) is 8.54. The number of likely N-dealkylation sites (tertiary alicyclic amines) is 1. The van der Waals surface area contributed by atoms with E-state index in [2.05, 4.69) is 22.5 Å². The number of hydrogen-bond acceptors (Lipinski definition) is 5. The Hall–Kier alpha value is -2.48. The Morgan fingerprint density at radius 1 is 1.32 bits per heavy atom. The SMILES string of the molecule is CCCCNc1nc(C(=O)N2CCCC(C(=O)Nc3ccc(F)cc3)C2)cs1. The summed E-state index contributed by atoms with van der Waals surface area (Å²) >= 11 is 1.42. The van der Waals surface area contributed by atoms with Crippen LogP contribution in [0.2, 0.25) is 0 Å². The molecule has 1 aliphatic heterocycles. The molecular weight excluding hydrogens is 379 g/mol. The molecule has 2 aromatic rings. The normalized spacial score (nSPS) is 16.6. The molecule has 1 fully saturated rings. The quantitative estimate of drug-likeness (QED) is 0.685. The van der Waals surface area contributed by atoms with Gasteiger partial charge in [0.1, 0.15) is 11.5 Å². The predicted molar refractivity (Wildman–Crippen MR) is 109 cm³/mol. The molecule has 0 saturated carbocycles. The van der Waals surface area contributed by atoms with Gasteiger partial charge in [0, 0.05) is 30.7 Å². The molecule has 28 heavy (non-hydrogen) atoms. The number of benzene rings is 1. The van der Waals surface area contributed by atoms with E-state index in [-0.39, 0.29) is 23.5 Å². The average Bonchev–Trinajstić information content (AvgIpc) is 3.18. The van der Waals surface area contributed by atoms with Crippen LogP contribution in [0.25, 0.3) is 0 Å². The van der Waals surface area contributed by atoms with E-state index in [1.54, 1.807) is 10.3 Å². The van der Waals surface area contributed by atoms with Crippen LogP contribution >= 0.6 is 11.3 Å². The Kier molecular flexibility index (Phi) is 6.97. The number of nitrogens with zero attached hydrogens (tertiary/aromatic N) is 2. The van der Waals surface area contributed by atoms with Crippen molar-refractivity contribution in [3.05, 3.63) is 41.2 Å². The summed E-state index contributed by atoms with van der Waals surface area (Å²) in [5.41, 5.74) is 0.973. The molecule has 1 atom stereocenters. The molecule has 2 N–H and O–H groups in total. The van der Waals surface area contributed by atoms with Gasteiger partial charge in [-0.05, 0) is 43.5 Å². The van der Waals surface area contributed by atoms with Gasteiger partial charge < -0.3 is 15.5 Å². The predicted octanol–water partition coefficient (Wildman–Crippen LogP) is 3.99. The van der Waals surface area contributed by atoms with Crippen molar-refractivity contribution in [2.75, 3.05) is 30.3 Å². The lowest BCUT2D eigenvalue weighted by molar-refractivity contribution is -0.121. The topological polar surface area (TPSA) is 74.3 Å². The number of unbranched alkanes of at least 4 members (excludes halogenated alkanes) is 1. The fourth-order valence-electron chi connectivity index (χ4n) is 3.14. The zero-order valence-electron chi connectivity index (χ0n) is 15.9. The van der Waals surface area contributed by atoms with Crippen molar-refractivity contribution in [1.82, 2.24) is 9.88 Å². The largest absolute Gasteiger partial charge is 0.362 e. The summed E-state index contributed by atoms with van der Waals surface area (Å²) in [5.74, 6) is -0.925. The van der Waals surface area contributed by atoms with Crippen molar-refractivity contribution in [1.29, 1.82) is 0 Å². The summed E-state index contributed by atoms with van der Waals surface area (Å²) in [4.78, 5) is 31.4. The number of piperidine rings is 1. The number of carbonyl (C=O) groups is 2. The molecule has 6 nitrogen and oxygen atoms in total. The van der Waals surface area contributed by atoms with E-state index >= 15 is 0 Å². The Morgan fingerprint density at radius 3 is 2.86 bits per heavy atom.